The van der Waals surface area contributed by atoms with E-state index in [9.17, 15) is 0 Å². The van der Waals surface area contributed by atoms with Crippen LogP contribution in [0.1, 0.15) is 11.1 Å². The van der Waals surface area contributed by atoms with Crippen molar-refractivity contribution in [2.75, 3.05) is 20.4 Å². The predicted molar refractivity (Wildman–Crippen MR) is 88.8 cm³/mol. The molecule has 0 fully saturated rings. The highest BCUT2D eigenvalue weighted by Gasteiger charge is 2.12. The van der Waals surface area contributed by atoms with E-state index in [1.165, 1.54) is 11.1 Å². The molecule has 1 aromatic carbocycles. The van der Waals surface area contributed by atoms with E-state index in [1.54, 1.807) is 18.4 Å². The molecule has 3 rings (SSSR count). The van der Waals surface area contributed by atoms with Crippen molar-refractivity contribution < 1.29 is 9.47 Å². The number of aliphatic imine (C=N–C) groups is 1. The van der Waals surface area contributed by atoms with E-state index in [4.69, 9.17) is 9.47 Å². The van der Waals surface area contributed by atoms with Gasteiger partial charge in [-0.05, 0) is 46.5 Å². The van der Waals surface area contributed by atoms with Gasteiger partial charge in [0, 0.05) is 20.1 Å². The van der Waals surface area contributed by atoms with Gasteiger partial charge in [0.2, 0.25) is 6.79 Å². The molecule has 1 aliphatic heterocycles. The molecule has 0 aliphatic carbocycles. The van der Waals surface area contributed by atoms with Crippen LogP contribution < -0.4 is 20.1 Å². The van der Waals surface area contributed by atoms with Gasteiger partial charge >= 0.3 is 0 Å². The molecule has 0 radical (unpaired) electrons. The second-order valence-corrected chi connectivity index (χ2v) is 5.70. The third kappa shape index (κ3) is 3.71. The highest BCUT2D eigenvalue weighted by Crippen LogP contribution is 2.32. The number of fused-ring (bicyclic) bond motifs is 1. The maximum absolute atomic E-state index is 5.39. The summed E-state index contributed by atoms with van der Waals surface area (Å²) in [6, 6.07) is 8.17. The van der Waals surface area contributed by atoms with Crippen LogP contribution in [-0.2, 0) is 13.0 Å². The van der Waals surface area contributed by atoms with Crippen LogP contribution in [0, 0.1) is 0 Å². The van der Waals surface area contributed by atoms with Crippen LogP contribution >= 0.6 is 11.3 Å². The zero-order valence-corrected chi connectivity index (χ0v) is 13.3. The molecule has 1 aliphatic rings. The normalized spacial score (nSPS) is 13.2. The lowest BCUT2D eigenvalue weighted by molar-refractivity contribution is 0.174. The highest BCUT2D eigenvalue weighted by atomic mass is 32.1. The lowest BCUT2D eigenvalue weighted by Crippen LogP contribution is -2.37. The summed E-state index contributed by atoms with van der Waals surface area (Å²) in [5, 5.41) is 10.8. The van der Waals surface area contributed by atoms with Crippen molar-refractivity contribution >= 4 is 17.3 Å². The van der Waals surface area contributed by atoms with E-state index in [1.807, 2.05) is 12.1 Å². The monoisotopic (exact) mass is 317 g/mol. The minimum atomic E-state index is 0.316. The minimum absolute atomic E-state index is 0.316. The van der Waals surface area contributed by atoms with Crippen molar-refractivity contribution in [1.29, 1.82) is 0 Å². The van der Waals surface area contributed by atoms with Gasteiger partial charge in [0.25, 0.3) is 0 Å². The fourth-order valence-corrected chi connectivity index (χ4v) is 2.89. The van der Waals surface area contributed by atoms with Crippen molar-refractivity contribution in [3.8, 4) is 11.5 Å². The number of benzene rings is 1. The average Bonchev–Trinajstić information content (AvgIpc) is 3.21. The highest BCUT2D eigenvalue weighted by molar-refractivity contribution is 7.07. The van der Waals surface area contributed by atoms with Crippen LogP contribution in [0.4, 0.5) is 0 Å². The van der Waals surface area contributed by atoms with Gasteiger partial charge in [-0.15, -0.1) is 0 Å². The molecule has 6 heteroatoms. The lowest BCUT2D eigenvalue weighted by Gasteiger charge is -2.11. The molecule has 0 atom stereocenters. The number of hydrogen-bond donors (Lipinski definition) is 2. The Balaban J connectivity index is 1.45. The standard InChI is InChI=1S/C16H19N3O2S/c1-17-16(19-9-13-5-7-22-10-13)18-6-4-12-2-3-14-15(8-12)21-11-20-14/h2-3,5,7-8,10H,4,6,9,11H2,1H3,(H2,17,18,19). The Labute approximate surface area is 134 Å². The van der Waals surface area contributed by atoms with Gasteiger partial charge in [-0.2, -0.15) is 11.3 Å². The van der Waals surface area contributed by atoms with E-state index >= 15 is 0 Å². The van der Waals surface area contributed by atoms with Gasteiger partial charge in [-0.1, -0.05) is 6.07 Å². The molecular formula is C16H19N3O2S. The fourth-order valence-electron chi connectivity index (χ4n) is 2.22. The van der Waals surface area contributed by atoms with Gasteiger partial charge in [-0.3, -0.25) is 4.99 Å². The van der Waals surface area contributed by atoms with Crippen molar-refractivity contribution in [2.24, 2.45) is 4.99 Å². The Kier molecular flexibility index (Phi) is 4.80. The Bertz CT molecular complexity index is 641. The van der Waals surface area contributed by atoms with Crippen molar-refractivity contribution in [2.45, 2.75) is 13.0 Å². The van der Waals surface area contributed by atoms with Crippen LogP contribution in [-0.4, -0.2) is 26.3 Å². The molecule has 2 aromatic rings. The van der Waals surface area contributed by atoms with E-state index in [0.29, 0.717) is 6.79 Å². The molecule has 1 aromatic heterocycles. The predicted octanol–water partition coefficient (Wildman–Crippen LogP) is 2.38. The van der Waals surface area contributed by atoms with Crippen molar-refractivity contribution in [3.05, 3.63) is 46.2 Å². The summed E-state index contributed by atoms with van der Waals surface area (Å²) in [4.78, 5) is 4.23. The number of nitrogens with zero attached hydrogens (tertiary/aromatic N) is 1. The lowest BCUT2D eigenvalue weighted by atomic mass is 10.1. The molecule has 0 unspecified atom stereocenters. The first kappa shape index (κ1) is 14.7. The third-order valence-corrected chi connectivity index (χ3v) is 4.14. The van der Waals surface area contributed by atoms with E-state index in [-0.39, 0.29) is 0 Å². The second kappa shape index (κ2) is 7.17. The molecule has 116 valence electrons. The largest absolute Gasteiger partial charge is 0.454 e. The SMILES string of the molecule is CN=C(NCCc1ccc2c(c1)OCO2)NCc1ccsc1. The first-order valence-corrected chi connectivity index (χ1v) is 8.13. The Morgan fingerprint density at radius 3 is 2.91 bits per heavy atom. The number of hydrogen-bond acceptors (Lipinski definition) is 4. The number of ether oxygens (including phenoxy) is 2. The van der Waals surface area contributed by atoms with Crippen LogP contribution in [0.5, 0.6) is 11.5 Å². The summed E-state index contributed by atoms with van der Waals surface area (Å²) in [6.07, 6.45) is 0.899. The van der Waals surface area contributed by atoms with E-state index in [0.717, 1.165) is 37.0 Å². The zero-order valence-electron chi connectivity index (χ0n) is 12.5. The average molecular weight is 317 g/mol. The summed E-state index contributed by atoms with van der Waals surface area (Å²) in [7, 11) is 1.78. The summed E-state index contributed by atoms with van der Waals surface area (Å²) < 4.78 is 10.7. The van der Waals surface area contributed by atoms with Crippen LogP contribution in [0.2, 0.25) is 0 Å². The van der Waals surface area contributed by atoms with Crippen LogP contribution in [0.3, 0.4) is 0 Å². The quantitative estimate of drug-likeness (QED) is 0.657. The smallest absolute Gasteiger partial charge is 0.231 e. The first-order chi connectivity index (χ1) is 10.8. The van der Waals surface area contributed by atoms with Gasteiger partial charge in [0.1, 0.15) is 0 Å². The Morgan fingerprint density at radius 2 is 2.09 bits per heavy atom. The summed E-state index contributed by atoms with van der Waals surface area (Å²) in [5.74, 6) is 2.47. The van der Waals surface area contributed by atoms with Crippen LogP contribution in [0.25, 0.3) is 0 Å². The number of thiophene rings is 1. The molecule has 0 saturated heterocycles. The van der Waals surface area contributed by atoms with Crippen molar-refractivity contribution in [3.63, 3.8) is 0 Å². The molecule has 2 heterocycles. The molecule has 0 spiro atoms. The van der Waals surface area contributed by atoms with E-state index < -0.39 is 0 Å². The summed E-state index contributed by atoms with van der Waals surface area (Å²) in [6.45, 7) is 1.91. The number of guanidine groups is 1. The summed E-state index contributed by atoms with van der Waals surface area (Å²) in [5.41, 5.74) is 2.48. The van der Waals surface area contributed by atoms with Gasteiger partial charge in [-0.25, -0.2) is 0 Å². The van der Waals surface area contributed by atoms with Gasteiger partial charge in [0.15, 0.2) is 17.5 Å². The Hall–Kier alpha value is -2.21. The number of nitrogens with one attached hydrogen (secondary N) is 2. The minimum Gasteiger partial charge on any atom is -0.454 e. The Morgan fingerprint density at radius 1 is 1.18 bits per heavy atom. The fraction of sp³-hybridized carbons (Fsp3) is 0.312. The van der Waals surface area contributed by atoms with Crippen molar-refractivity contribution in [1.82, 2.24) is 10.6 Å². The summed E-state index contributed by atoms with van der Waals surface area (Å²) >= 11 is 1.70. The van der Waals surface area contributed by atoms with Crippen LogP contribution in [0.15, 0.2) is 40.0 Å². The maximum atomic E-state index is 5.39. The van der Waals surface area contributed by atoms with E-state index in [2.05, 4.69) is 38.5 Å². The topological polar surface area (TPSA) is 54.9 Å². The third-order valence-electron chi connectivity index (χ3n) is 3.41. The molecule has 22 heavy (non-hydrogen) atoms. The maximum Gasteiger partial charge on any atom is 0.231 e. The molecule has 0 amide bonds. The molecular weight excluding hydrogens is 298 g/mol. The number of rotatable bonds is 5. The van der Waals surface area contributed by atoms with Gasteiger partial charge < -0.3 is 20.1 Å². The second-order valence-electron chi connectivity index (χ2n) is 4.92. The molecule has 0 bridgehead atoms. The van der Waals surface area contributed by atoms with Gasteiger partial charge in [0.05, 0.1) is 0 Å². The first-order valence-electron chi connectivity index (χ1n) is 7.19. The molecule has 0 saturated carbocycles. The molecule has 2 N–H and O–H groups in total. The zero-order chi connectivity index (χ0) is 15.2. The molecule has 5 nitrogen and oxygen atoms in total.